The van der Waals surface area contributed by atoms with Gasteiger partial charge in [0.1, 0.15) is 0 Å². The van der Waals surface area contributed by atoms with Crippen molar-refractivity contribution in [3.8, 4) is 11.5 Å². The Morgan fingerprint density at radius 1 is 1.42 bits per heavy atom. The second-order valence-corrected chi connectivity index (χ2v) is 5.25. The Morgan fingerprint density at radius 2 is 2.12 bits per heavy atom. The lowest BCUT2D eigenvalue weighted by atomic mass is 10.2. The molecule has 1 amide bonds. The van der Waals surface area contributed by atoms with Gasteiger partial charge in [0.25, 0.3) is 5.91 Å². The minimum Gasteiger partial charge on any atom is -0.490 e. The van der Waals surface area contributed by atoms with E-state index in [1.807, 2.05) is 13.8 Å². The fraction of sp³-hybridized carbons (Fsp3) is 0.267. The molecule has 8 nitrogen and oxygen atoms in total. The number of aryl methyl sites for hydroxylation is 1. The standard InChI is InChI=1S/C15H18ClN5O3/c1-3-23-12-4-10(6-19-21-7-9(2)20-15(21)18)11(16)5-13(12)24-8-14(17)22/h4-7H,3,8H2,1-2H3,(H2,17,22)(H2,18,20). The van der Waals surface area contributed by atoms with Crippen molar-refractivity contribution < 1.29 is 14.3 Å². The number of carbonyl (C=O) groups excluding carboxylic acids is 1. The van der Waals surface area contributed by atoms with Crippen LogP contribution in [0.5, 0.6) is 11.5 Å². The molecule has 0 saturated carbocycles. The molecule has 0 radical (unpaired) electrons. The van der Waals surface area contributed by atoms with E-state index in [2.05, 4.69) is 10.1 Å². The van der Waals surface area contributed by atoms with Crippen molar-refractivity contribution in [2.24, 2.45) is 10.8 Å². The van der Waals surface area contributed by atoms with Gasteiger partial charge in [-0.2, -0.15) is 5.10 Å². The quantitative estimate of drug-likeness (QED) is 0.734. The van der Waals surface area contributed by atoms with Crippen LogP contribution in [0.1, 0.15) is 18.2 Å². The molecule has 9 heteroatoms. The highest BCUT2D eigenvalue weighted by Crippen LogP contribution is 2.33. The number of imidazole rings is 1. The van der Waals surface area contributed by atoms with E-state index in [1.54, 1.807) is 18.3 Å². The Morgan fingerprint density at radius 3 is 2.71 bits per heavy atom. The maximum Gasteiger partial charge on any atom is 0.255 e. The number of amides is 1. The lowest BCUT2D eigenvalue weighted by Gasteiger charge is -2.12. The van der Waals surface area contributed by atoms with Gasteiger partial charge in [0, 0.05) is 11.6 Å². The second-order valence-electron chi connectivity index (χ2n) is 4.84. The highest BCUT2D eigenvalue weighted by atomic mass is 35.5. The summed E-state index contributed by atoms with van der Waals surface area (Å²) in [6.45, 7) is 3.79. The first-order chi connectivity index (χ1) is 11.4. The first-order valence-electron chi connectivity index (χ1n) is 7.14. The molecule has 0 aliphatic carbocycles. The van der Waals surface area contributed by atoms with E-state index in [0.29, 0.717) is 28.7 Å². The van der Waals surface area contributed by atoms with Gasteiger partial charge in [-0.3, -0.25) is 4.79 Å². The molecule has 2 aromatic rings. The van der Waals surface area contributed by atoms with Gasteiger partial charge in [-0.05, 0) is 19.9 Å². The van der Waals surface area contributed by atoms with Crippen LogP contribution in [0.4, 0.5) is 5.95 Å². The largest absolute Gasteiger partial charge is 0.490 e. The van der Waals surface area contributed by atoms with Crippen LogP contribution in [0, 0.1) is 6.92 Å². The summed E-state index contributed by atoms with van der Waals surface area (Å²) in [5.41, 5.74) is 12.2. The van der Waals surface area contributed by atoms with Crippen LogP contribution >= 0.6 is 11.6 Å². The van der Waals surface area contributed by atoms with Crippen molar-refractivity contribution in [1.82, 2.24) is 9.66 Å². The Balaban J connectivity index is 2.31. The fourth-order valence-electron chi connectivity index (χ4n) is 1.90. The number of benzene rings is 1. The van der Waals surface area contributed by atoms with Crippen LogP contribution in [0.2, 0.25) is 5.02 Å². The third kappa shape index (κ3) is 4.39. The minimum atomic E-state index is -0.592. The molecule has 2 rings (SSSR count). The first-order valence-corrected chi connectivity index (χ1v) is 7.51. The molecule has 0 atom stereocenters. The van der Waals surface area contributed by atoms with Crippen molar-refractivity contribution in [1.29, 1.82) is 0 Å². The van der Waals surface area contributed by atoms with Gasteiger partial charge in [0.2, 0.25) is 5.95 Å². The zero-order valence-electron chi connectivity index (χ0n) is 13.3. The molecule has 128 valence electrons. The molecule has 4 N–H and O–H groups in total. The average Bonchev–Trinajstić information content (AvgIpc) is 2.83. The number of hydrogen-bond acceptors (Lipinski definition) is 6. The monoisotopic (exact) mass is 351 g/mol. The smallest absolute Gasteiger partial charge is 0.255 e. The highest BCUT2D eigenvalue weighted by molar-refractivity contribution is 6.33. The van der Waals surface area contributed by atoms with Gasteiger partial charge in [-0.25, -0.2) is 9.66 Å². The van der Waals surface area contributed by atoms with Gasteiger partial charge in [0.05, 0.1) is 29.7 Å². The van der Waals surface area contributed by atoms with Crippen molar-refractivity contribution in [3.63, 3.8) is 0 Å². The zero-order chi connectivity index (χ0) is 17.7. The van der Waals surface area contributed by atoms with Crippen LogP contribution < -0.4 is 20.9 Å². The number of hydrogen-bond donors (Lipinski definition) is 2. The second kappa shape index (κ2) is 7.69. The molecule has 0 aliphatic rings. The van der Waals surface area contributed by atoms with Crippen LogP contribution in [0.25, 0.3) is 0 Å². The number of rotatable bonds is 7. The lowest BCUT2D eigenvalue weighted by Crippen LogP contribution is -2.20. The van der Waals surface area contributed by atoms with Gasteiger partial charge >= 0.3 is 0 Å². The molecule has 0 fully saturated rings. The van der Waals surface area contributed by atoms with Gasteiger partial charge in [0.15, 0.2) is 18.1 Å². The maximum atomic E-state index is 10.9. The Labute approximate surface area is 144 Å². The van der Waals surface area contributed by atoms with Crippen molar-refractivity contribution in [2.75, 3.05) is 18.9 Å². The predicted octanol–water partition coefficient (Wildman–Crippen LogP) is 1.57. The van der Waals surface area contributed by atoms with Crippen molar-refractivity contribution >= 4 is 29.7 Å². The number of anilines is 1. The zero-order valence-corrected chi connectivity index (χ0v) is 14.1. The molecule has 1 aromatic heterocycles. The topological polar surface area (TPSA) is 118 Å². The van der Waals surface area contributed by atoms with Crippen molar-refractivity contribution in [3.05, 3.63) is 34.6 Å². The van der Waals surface area contributed by atoms with E-state index < -0.39 is 5.91 Å². The van der Waals surface area contributed by atoms with E-state index in [0.717, 1.165) is 5.69 Å². The molecule has 1 heterocycles. The number of nitrogens with two attached hydrogens (primary N) is 2. The van der Waals surface area contributed by atoms with E-state index in [-0.39, 0.29) is 12.6 Å². The number of nitrogen functional groups attached to an aromatic ring is 1. The number of aromatic nitrogens is 2. The Hall–Kier alpha value is -2.74. The van der Waals surface area contributed by atoms with E-state index in [9.17, 15) is 4.79 Å². The first kappa shape index (κ1) is 17.6. The van der Waals surface area contributed by atoms with Gasteiger partial charge < -0.3 is 20.9 Å². The number of carbonyl (C=O) groups is 1. The number of primary amides is 1. The number of halogens is 1. The van der Waals surface area contributed by atoms with E-state index >= 15 is 0 Å². The van der Waals surface area contributed by atoms with E-state index in [4.69, 9.17) is 32.5 Å². The third-order valence-corrected chi connectivity index (χ3v) is 3.22. The predicted molar refractivity (Wildman–Crippen MR) is 91.7 cm³/mol. The molecule has 0 saturated heterocycles. The molecule has 0 spiro atoms. The Bertz CT molecular complexity index is 773. The van der Waals surface area contributed by atoms with E-state index in [1.165, 1.54) is 10.9 Å². The molecule has 0 unspecified atom stereocenters. The lowest BCUT2D eigenvalue weighted by molar-refractivity contribution is -0.119. The summed E-state index contributed by atoms with van der Waals surface area (Å²) in [6, 6.07) is 3.20. The normalized spacial score (nSPS) is 11.0. The Kier molecular flexibility index (Phi) is 5.64. The van der Waals surface area contributed by atoms with Crippen LogP contribution in [-0.2, 0) is 4.79 Å². The van der Waals surface area contributed by atoms with Crippen LogP contribution in [-0.4, -0.2) is 35.0 Å². The highest BCUT2D eigenvalue weighted by Gasteiger charge is 2.11. The molecular formula is C15H18ClN5O3. The third-order valence-electron chi connectivity index (χ3n) is 2.89. The van der Waals surface area contributed by atoms with Gasteiger partial charge in [-0.1, -0.05) is 11.6 Å². The van der Waals surface area contributed by atoms with Gasteiger partial charge in [-0.15, -0.1) is 0 Å². The number of ether oxygens (including phenoxy) is 2. The van der Waals surface area contributed by atoms with Crippen molar-refractivity contribution in [2.45, 2.75) is 13.8 Å². The summed E-state index contributed by atoms with van der Waals surface area (Å²) in [7, 11) is 0. The summed E-state index contributed by atoms with van der Waals surface area (Å²) >= 11 is 6.23. The summed E-state index contributed by atoms with van der Waals surface area (Å²) in [4.78, 5) is 14.9. The van der Waals surface area contributed by atoms with Crippen LogP contribution in [0.15, 0.2) is 23.4 Å². The minimum absolute atomic E-state index is 0.269. The maximum absolute atomic E-state index is 10.9. The molecule has 0 aliphatic heterocycles. The fourth-order valence-corrected chi connectivity index (χ4v) is 2.10. The molecule has 1 aromatic carbocycles. The summed E-state index contributed by atoms with van der Waals surface area (Å²) < 4.78 is 12.2. The summed E-state index contributed by atoms with van der Waals surface area (Å²) in [5.74, 6) is 0.437. The summed E-state index contributed by atoms with van der Waals surface area (Å²) in [6.07, 6.45) is 3.22. The number of nitrogens with zero attached hydrogens (tertiary/aromatic N) is 3. The average molecular weight is 352 g/mol. The molecule has 24 heavy (non-hydrogen) atoms. The van der Waals surface area contributed by atoms with Crippen LogP contribution in [0.3, 0.4) is 0 Å². The molecule has 0 bridgehead atoms. The molecular weight excluding hydrogens is 334 g/mol. The SMILES string of the molecule is CCOc1cc(C=Nn2cc(C)nc2N)c(Cl)cc1OCC(N)=O. The summed E-state index contributed by atoms with van der Waals surface area (Å²) in [5, 5.41) is 4.58.